The molecule has 50 heavy (non-hydrogen) atoms. The molecular formula is C37H44N4O9. The molecule has 1 fully saturated rings. The van der Waals surface area contributed by atoms with Crippen molar-refractivity contribution >= 4 is 34.8 Å². The molecule has 6 rings (SSSR count). The Kier molecular flexibility index (Phi) is 8.78. The number of carboxylic acids is 1. The second kappa shape index (κ2) is 12.5. The minimum absolute atomic E-state index is 0.0578. The number of carbonyl (C=O) groups excluding carboxylic acids is 3. The zero-order chi connectivity index (χ0) is 36.3. The van der Waals surface area contributed by atoms with Crippen molar-refractivity contribution in [3.05, 3.63) is 56.9 Å². The Morgan fingerprint density at radius 2 is 1.62 bits per heavy atom. The summed E-state index contributed by atoms with van der Waals surface area (Å²) in [5.41, 5.74) is 0.192. The van der Waals surface area contributed by atoms with E-state index >= 15 is 0 Å². The van der Waals surface area contributed by atoms with E-state index in [4.69, 9.17) is 14.5 Å². The number of esters is 1. The zero-order valence-corrected chi connectivity index (χ0v) is 29.4. The van der Waals surface area contributed by atoms with E-state index in [-0.39, 0.29) is 42.2 Å². The number of piperazine rings is 1. The highest BCUT2D eigenvalue weighted by molar-refractivity contribution is 5.90. The fourth-order valence-corrected chi connectivity index (χ4v) is 7.13. The van der Waals surface area contributed by atoms with Gasteiger partial charge in [0.05, 0.1) is 34.4 Å². The highest BCUT2D eigenvalue weighted by Gasteiger charge is 2.45. The summed E-state index contributed by atoms with van der Waals surface area (Å²) in [7, 11) is 0. The molecule has 2 N–H and O–H groups in total. The van der Waals surface area contributed by atoms with Crippen LogP contribution in [0, 0.1) is 10.8 Å². The van der Waals surface area contributed by atoms with Gasteiger partial charge in [-0.1, -0.05) is 27.7 Å². The van der Waals surface area contributed by atoms with Crippen molar-refractivity contribution < 1.29 is 38.9 Å². The lowest BCUT2D eigenvalue weighted by atomic mass is 9.78. The molecule has 1 atom stereocenters. The fourth-order valence-electron chi connectivity index (χ4n) is 7.13. The topological polar surface area (TPSA) is 169 Å². The molecule has 13 heteroatoms. The monoisotopic (exact) mass is 688 g/mol. The summed E-state index contributed by atoms with van der Waals surface area (Å²) < 4.78 is 12.6. The molecule has 2 aromatic heterocycles. The van der Waals surface area contributed by atoms with Crippen LogP contribution in [0.25, 0.3) is 22.3 Å². The maximum Gasteiger partial charge on any atom is 0.415 e. The van der Waals surface area contributed by atoms with Crippen LogP contribution in [0.15, 0.2) is 29.1 Å². The number of cyclic esters (lactones) is 1. The van der Waals surface area contributed by atoms with Crippen LogP contribution >= 0.6 is 0 Å². The van der Waals surface area contributed by atoms with Gasteiger partial charge in [0.2, 0.25) is 5.91 Å². The van der Waals surface area contributed by atoms with Crippen LogP contribution in [-0.4, -0.2) is 79.7 Å². The zero-order valence-electron chi connectivity index (χ0n) is 29.4. The standard InChI is InChI=1S/C37H44N4O9/c1-7-22-23-17-21(50-34(47)40-15-13-39(14-16-40)31(43)35(3,4)11-12-36(5,6)32(44)45)9-10-27(23)38-29-24(22)19-41-28(29)18-26-25(30(41)42)20-49-33(46)37(26,48)8-2/h9-10,17-18,48H,7-8,11-16,19-20H2,1-6H3,(H,44,45)/t37-/m0/s1. The molecule has 0 radical (unpaired) electrons. The summed E-state index contributed by atoms with van der Waals surface area (Å²) in [6.45, 7) is 12.0. The van der Waals surface area contributed by atoms with Gasteiger partial charge in [0, 0.05) is 48.1 Å². The highest BCUT2D eigenvalue weighted by Crippen LogP contribution is 2.41. The summed E-state index contributed by atoms with van der Waals surface area (Å²) in [5, 5.41) is 21.4. The van der Waals surface area contributed by atoms with E-state index in [0.717, 1.165) is 16.5 Å². The van der Waals surface area contributed by atoms with Crippen molar-refractivity contribution in [3.8, 4) is 17.1 Å². The molecule has 2 amide bonds. The van der Waals surface area contributed by atoms with Crippen LogP contribution < -0.4 is 10.3 Å². The van der Waals surface area contributed by atoms with E-state index in [9.17, 15) is 34.2 Å². The fraction of sp³-hybridized carbons (Fsp3) is 0.514. The number of aliphatic hydroxyl groups is 1. The minimum atomic E-state index is -1.91. The molecule has 0 saturated carbocycles. The number of hydrogen-bond donors (Lipinski definition) is 2. The highest BCUT2D eigenvalue weighted by atomic mass is 16.6. The number of aromatic nitrogens is 2. The van der Waals surface area contributed by atoms with Crippen LogP contribution in [0.5, 0.6) is 5.75 Å². The Morgan fingerprint density at radius 3 is 2.26 bits per heavy atom. The van der Waals surface area contributed by atoms with Crippen molar-refractivity contribution in [2.24, 2.45) is 10.8 Å². The van der Waals surface area contributed by atoms with E-state index in [1.807, 2.05) is 20.8 Å². The van der Waals surface area contributed by atoms with Crippen molar-refractivity contribution in [1.29, 1.82) is 0 Å². The Labute approximate surface area is 289 Å². The van der Waals surface area contributed by atoms with Gasteiger partial charge in [-0.25, -0.2) is 14.6 Å². The number of aryl methyl sites for hydroxylation is 1. The molecular weight excluding hydrogens is 644 g/mol. The number of pyridine rings is 2. The van der Waals surface area contributed by atoms with E-state index in [2.05, 4.69) is 0 Å². The van der Waals surface area contributed by atoms with Crippen molar-refractivity contribution in [2.45, 2.75) is 86.0 Å². The molecule has 0 aliphatic carbocycles. The number of aliphatic carboxylic acids is 1. The average Bonchev–Trinajstić information content (AvgIpc) is 3.46. The molecule has 1 saturated heterocycles. The molecule has 13 nitrogen and oxygen atoms in total. The lowest BCUT2D eigenvalue weighted by Crippen LogP contribution is -2.54. The van der Waals surface area contributed by atoms with Crippen LogP contribution in [0.2, 0.25) is 0 Å². The number of fused-ring (bicyclic) bond motifs is 5. The second-order valence-electron chi connectivity index (χ2n) is 14.8. The smallest absolute Gasteiger partial charge is 0.415 e. The van der Waals surface area contributed by atoms with E-state index in [1.165, 1.54) is 0 Å². The number of rotatable bonds is 8. The van der Waals surface area contributed by atoms with Crippen LogP contribution in [0.3, 0.4) is 0 Å². The second-order valence-corrected chi connectivity index (χ2v) is 14.8. The number of carboxylic acid groups (broad SMARTS) is 1. The quantitative estimate of drug-likeness (QED) is 0.256. The van der Waals surface area contributed by atoms with Crippen molar-refractivity contribution in [2.75, 3.05) is 26.2 Å². The summed E-state index contributed by atoms with van der Waals surface area (Å²) in [6.07, 6.45) is 0.932. The lowest BCUT2D eigenvalue weighted by Gasteiger charge is -2.38. The van der Waals surface area contributed by atoms with Crippen LogP contribution in [0.4, 0.5) is 4.79 Å². The third-order valence-corrected chi connectivity index (χ3v) is 10.7. The van der Waals surface area contributed by atoms with E-state index < -0.39 is 34.5 Å². The summed E-state index contributed by atoms with van der Waals surface area (Å²) >= 11 is 0. The Hall–Kier alpha value is -4.78. The Bertz CT molecular complexity index is 1990. The van der Waals surface area contributed by atoms with Crippen molar-refractivity contribution in [3.63, 3.8) is 0 Å². The van der Waals surface area contributed by atoms with Gasteiger partial charge in [-0.2, -0.15) is 0 Å². The first-order valence-electron chi connectivity index (χ1n) is 17.1. The summed E-state index contributed by atoms with van der Waals surface area (Å²) in [6, 6.07) is 6.90. The van der Waals surface area contributed by atoms with Gasteiger partial charge in [0.1, 0.15) is 12.4 Å². The first kappa shape index (κ1) is 35.1. The maximum atomic E-state index is 13.6. The van der Waals surface area contributed by atoms with Crippen LogP contribution in [-0.2, 0) is 44.3 Å². The number of amides is 2. The molecule has 3 aliphatic heterocycles. The third-order valence-electron chi connectivity index (χ3n) is 10.7. The van der Waals surface area contributed by atoms with Crippen molar-refractivity contribution in [1.82, 2.24) is 19.4 Å². The maximum absolute atomic E-state index is 13.6. The van der Waals surface area contributed by atoms with Gasteiger partial charge in [0.25, 0.3) is 5.56 Å². The third kappa shape index (κ3) is 5.80. The normalized spacial score (nSPS) is 18.7. The number of hydrogen-bond acceptors (Lipinski definition) is 9. The first-order chi connectivity index (χ1) is 23.5. The van der Waals surface area contributed by atoms with Gasteiger partial charge < -0.3 is 34.1 Å². The Balaban J connectivity index is 1.18. The van der Waals surface area contributed by atoms with Gasteiger partial charge in [0.15, 0.2) is 5.60 Å². The van der Waals surface area contributed by atoms with E-state index in [1.54, 1.807) is 59.4 Å². The number of benzene rings is 1. The lowest BCUT2D eigenvalue weighted by molar-refractivity contribution is -0.172. The minimum Gasteiger partial charge on any atom is -0.481 e. The number of nitrogens with zero attached hydrogens (tertiary/aromatic N) is 4. The average molecular weight is 689 g/mol. The molecule has 3 aliphatic rings. The van der Waals surface area contributed by atoms with E-state index in [0.29, 0.717) is 68.1 Å². The Morgan fingerprint density at radius 1 is 0.960 bits per heavy atom. The molecule has 266 valence electrons. The predicted molar refractivity (Wildman–Crippen MR) is 183 cm³/mol. The molecule has 3 aromatic rings. The SMILES string of the molecule is CCc1c2c(nc3ccc(OC(=O)N4CCN(C(=O)C(C)(C)CCC(C)(C)C(=O)O)CC4)cc13)-c1cc3c(c(=O)n1C2)COC(=O)[C@]3(O)CC. The van der Waals surface area contributed by atoms with Gasteiger partial charge in [-0.3, -0.25) is 14.4 Å². The summed E-state index contributed by atoms with van der Waals surface area (Å²) in [5.74, 6) is -1.40. The van der Waals surface area contributed by atoms with Gasteiger partial charge in [-0.15, -0.1) is 0 Å². The predicted octanol–water partition coefficient (Wildman–Crippen LogP) is 4.20. The molecule has 0 unspecified atom stereocenters. The largest absolute Gasteiger partial charge is 0.481 e. The molecule has 0 bridgehead atoms. The summed E-state index contributed by atoms with van der Waals surface area (Å²) in [4.78, 5) is 72.5. The first-order valence-corrected chi connectivity index (χ1v) is 17.1. The number of carbonyl (C=O) groups is 4. The molecule has 1 aromatic carbocycles. The number of ether oxygens (including phenoxy) is 2. The van der Waals surface area contributed by atoms with Gasteiger partial charge >= 0.3 is 18.0 Å². The van der Waals surface area contributed by atoms with Gasteiger partial charge in [-0.05, 0) is 69.4 Å². The molecule has 5 heterocycles. The molecule has 0 spiro atoms. The van der Waals surface area contributed by atoms with Crippen LogP contribution in [0.1, 0.15) is 83.1 Å².